The summed E-state index contributed by atoms with van der Waals surface area (Å²) in [7, 11) is 0. The molecule has 5 rings (SSSR count). The van der Waals surface area contributed by atoms with Crippen LogP contribution >= 0.6 is 0 Å². The average molecular weight is 588 g/mol. The van der Waals surface area contributed by atoms with Gasteiger partial charge in [0.15, 0.2) is 0 Å². The molecule has 2 fully saturated rings. The highest BCUT2D eigenvalue weighted by molar-refractivity contribution is 5.94. The van der Waals surface area contributed by atoms with E-state index in [1.54, 1.807) is 6.07 Å². The molecule has 7 nitrogen and oxygen atoms in total. The van der Waals surface area contributed by atoms with Gasteiger partial charge in [0.25, 0.3) is 5.91 Å². The molecule has 0 spiro atoms. The maximum atomic E-state index is 13.6. The monoisotopic (exact) mass is 587 g/mol. The first kappa shape index (κ1) is 30.7. The van der Waals surface area contributed by atoms with Crippen LogP contribution in [0.1, 0.15) is 66.7 Å². The highest BCUT2D eigenvalue weighted by atomic mass is 19.1. The van der Waals surface area contributed by atoms with Gasteiger partial charge in [-0.3, -0.25) is 19.4 Å². The van der Waals surface area contributed by atoms with Gasteiger partial charge in [-0.05, 0) is 86.7 Å². The molecule has 2 aliphatic heterocycles. The minimum Gasteiger partial charge on any atom is -0.508 e. The molecule has 0 radical (unpaired) electrons. The van der Waals surface area contributed by atoms with Gasteiger partial charge in [0.05, 0.1) is 18.6 Å². The SMILES string of the molecule is CCOC(=O)C1CCN(C(=O)c2cccc(C(c3cccc(O)c3)N3C[C@@H](C)N(Cc4ccc(F)cc4)C[C@H]3C)c2)CC1. The van der Waals surface area contributed by atoms with Gasteiger partial charge in [0, 0.05) is 50.4 Å². The summed E-state index contributed by atoms with van der Waals surface area (Å²) in [6.45, 7) is 9.98. The molecule has 2 heterocycles. The van der Waals surface area contributed by atoms with Gasteiger partial charge >= 0.3 is 5.97 Å². The Hall–Kier alpha value is -3.75. The summed E-state index contributed by atoms with van der Waals surface area (Å²) in [4.78, 5) is 32.5. The number of esters is 1. The number of amides is 1. The van der Waals surface area contributed by atoms with Crippen molar-refractivity contribution in [3.05, 3.63) is 101 Å². The molecule has 3 aromatic rings. The molecule has 0 saturated carbocycles. The number of ether oxygens (including phenoxy) is 1. The molecule has 1 unspecified atom stereocenters. The molecule has 0 bridgehead atoms. The van der Waals surface area contributed by atoms with E-state index in [0.29, 0.717) is 38.1 Å². The second kappa shape index (κ2) is 13.7. The predicted molar refractivity (Wildman–Crippen MR) is 164 cm³/mol. The van der Waals surface area contributed by atoms with Crippen molar-refractivity contribution in [2.45, 2.75) is 58.3 Å². The second-order valence-electron chi connectivity index (χ2n) is 11.9. The van der Waals surface area contributed by atoms with E-state index in [0.717, 1.165) is 36.3 Å². The van der Waals surface area contributed by atoms with E-state index < -0.39 is 0 Å². The summed E-state index contributed by atoms with van der Waals surface area (Å²) in [5.74, 6) is -0.396. The van der Waals surface area contributed by atoms with Crippen molar-refractivity contribution < 1.29 is 23.8 Å². The lowest BCUT2D eigenvalue weighted by Crippen LogP contribution is -2.56. The predicted octanol–water partition coefficient (Wildman–Crippen LogP) is 5.63. The van der Waals surface area contributed by atoms with Gasteiger partial charge in [-0.2, -0.15) is 0 Å². The molecule has 0 aliphatic carbocycles. The largest absolute Gasteiger partial charge is 0.508 e. The van der Waals surface area contributed by atoms with Gasteiger partial charge in [-0.1, -0.05) is 36.4 Å². The zero-order chi connectivity index (χ0) is 30.5. The zero-order valence-electron chi connectivity index (χ0n) is 25.3. The number of piperazine rings is 1. The number of piperidine rings is 1. The number of phenolic OH excluding ortho intramolecular Hbond substituents is 1. The summed E-state index contributed by atoms with van der Waals surface area (Å²) in [5.41, 5.74) is 3.65. The molecule has 1 amide bonds. The number of hydrogen-bond acceptors (Lipinski definition) is 6. The van der Waals surface area contributed by atoms with E-state index >= 15 is 0 Å². The van der Waals surface area contributed by atoms with E-state index in [1.165, 1.54) is 12.1 Å². The molecule has 3 aromatic carbocycles. The summed E-state index contributed by atoms with van der Waals surface area (Å²) in [6.07, 6.45) is 1.21. The van der Waals surface area contributed by atoms with Crippen molar-refractivity contribution in [3.63, 3.8) is 0 Å². The Morgan fingerprint density at radius 1 is 0.930 bits per heavy atom. The minimum absolute atomic E-state index is 0.0376. The number of hydrogen-bond donors (Lipinski definition) is 1. The number of carbonyl (C=O) groups excluding carboxylic acids is 2. The van der Waals surface area contributed by atoms with Gasteiger partial charge in [0.1, 0.15) is 11.6 Å². The first-order chi connectivity index (χ1) is 20.7. The molecule has 2 saturated heterocycles. The topological polar surface area (TPSA) is 73.3 Å². The van der Waals surface area contributed by atoms with Crippen molar-refractivity contribution in [1.29, 1.82) is 0 Å². The van der Waals surface area contributed by atoms with Crippen molar-refractivity contribution in [2.24, 2.45) is 5.92 Å². The third-order valence-electron chi connectivity index (χ3n) is 8.83. The molecule has 8 heteroatoms. The standard InChI is InChI=1S/C35H42FN3O4/c1-4-43-35(42)27-15-17-37(18-16-27)34(41)30-9-5-7-28(19-30)33(29-8-6-10-32(40)20-29)39-22-24(2)38(21-25(39)3)23-26-11-13-31(36)14-12-26/h5-14,19-20,24-25,27,33,40H,4,15-18,21-23H2,1-3H3/t24-,25-,33?/m1/s1. The number of benzene rings is 3. The smallest absolute Gasteiger partial charge is 0.309 e. The van der Waals surface area contributed by atoms with Crippen LogP contribution in [-0.2, 0) is 16.1 Å². The number of phenols is 1. The van der Waals surface area contributed by atoms with E-state index in [4.69, 9.17) is 4.74 Å². The Bertz CT molecular complexity index is 1410. The molecular weight excluding hydrogens is 545 g/mol. The fourth-order valence-electron chi connectivity index (χ4n) is 6.50. The fraction of sp³-hybridized carbons (Fsp3) is 0.429. The van der Waals surface area contributed by atoms with E-state index in [1.807, 2.05) is 60.4 Å². The molecule has 43 heavy (non-hydrogen) atoms. The first-order valence-corrected chi connectivity index (χ1v) is 15.3. The highest BCUT2D eigenvalue weighted by Crippen LogP contribution is 2.35. The quantitative estimate of drug-likeness (QED) is 0.345. The van der Waals surface area contributed by atoms with Crippen LogP contribution in [-0.4, -0.2) is 76.6 Å². The minimum atomic E-state index is -0.231. The van der Waals surface area contributed by atoms with E-state index in [9.17, 15) is 19.1 Å². The van der Waals surface area contributed by atoms with Crippen LogP contribution in [0.25, 0.3) is 0 Å². The van der Waals surface area contributed by atoms with Crippen LogP contribution in [0.5, 0.6) is 5.75 Å². The Balaban J connectivity index is 1.37. The van der Waals surface area contributed by atoms with Gasteiger partial charge in [0.2, 0.25) is 0 Å². The normalized spacial score (nSPS) is 21.0. The van der Waals surface area contributed by atoms with Gasteiger partial charge in [-0.15, -0.1) is 0 Å². The molecule has 2 aliphatic rings. The van der Waals surface area contributed by atoms with Crippen LogP contribution in [0, 0.1) is 11.7 Å². The summed E-state index contributed by atoms with van der Waals surface area (Å²) in [6, 6.07) is 22.1. The molecule has 0 aromatic heterocycles. The number of nitrogens with zero attached hydrogens (tertiary/aromatic N) is 3. The number of likely N-dealkylation sites (tertiary alicyclic amines) is 1. The zero-order valence-corrected chi connectivity index (χ0v) is 25.3. The molecule has 228 valence electrons. The first-order valence-electron chi connectivity index (χ1n) is 15.3. The van der Waals surface area contributed by atoms with Crippen LogP contribution in [0.3, 0.4) is 0 Å². The summed E-state index contributed by atoms with van der Waals surface area (Å²) in [5, 5.41) is 10.4. The number of carbonyl (C=O) groups is 2. The van der Waals surface area contributed by atoms with Gasteiger partial charge in [-0.25, -0.2) is 4.39 Å². The Labute approximate surface area is 253 Å². The number of aromatic hydroxyl groups is 1. The third kappa shape index (κ3) is 7.25. The van der Waals surface area contributed by atoms with Crippen LogP contribution in [0.15, 0.2) is 72.8 Å². The Kier molecular flexibility index (Phi) is 9.78. The molecule has 1 N–H and O–H groups in total. The molecular formula is C35H42FN3O4. The van der Waals surface area contributed by atoms with E-state index in [2.05, 4.69) is 29.7 Å². The van der Waals surface area contributed by atoms with Crippen molar-refractivity contribution in [1.82, 2.24) is 14.7 Å². The van der Waals surface area contributed by atoms with Crippen molar-refractivity contribution in [2.75, 3.05) is 32.8 Å². The highest BCUT2D eigenvalue weighted by Gasteiger charge is 2.35. The van der Waals surface area contributed by atoms with E-state index in [-0.39, 0.29) is 47.5 Å². The van der Waals surface area contributed by atoms with Crippen LogP contribution in [0.4, 0.5) is 4.39 Å². The van der Waals surface area contributed by atoms with Crippen molar-refractivity contribution >= 4 is 11.9 Å². The number of halogens is 1. The van der Waals surface area contributed by atoms with Crippen molar-refractivity contribution in [3.8, 4) is 5.75 Å². The van der Waals surface area contributed by atoms with Crippen LogP contribution < -0.4 is 0 Å². The Morgan fingerprint density at radius 3 is 2.28 bits per heavy atom. The lowest BCUT2D eigenvalue weighted by molar-refractivity contribution is -0.149. The number of rotatable bonds is 8. The maximum absolute atomic E-state index is 13.6. The third-order valence-corrected chi connectivity index (χ3v) is 8.83. The average Bonchev–Trinajstić information content (AvgIpc) is 3.01. The van der Waals surface area contributed by atoms with Gasteiger partial charge < -0.3 is 14.7 Å². The maximum Gasteiger partial charge on any atom is 0.309 e. The summed E-state index contributed by atoms with van der Waals surface area (Å²) >= 11 is 0. The lowest BCUT2D eigenvalue weighted by Gasteiger charge is -2.47. The molecule has 3 atom stereocenters. The van der Waals surface area contributed by atoms with Crippen LogP contribution in [0.2, 0.25) is 0 Å². The fourth-order valence-corrected chi connectivity index (χ4v) is 6.50. The lowest BCUT2D eigenvalue weighted by atomic mass is 9.91. The Morgan fingerprint density at radius 2 is 1.60 bits per heavy atom. The summed E-state index contributed by atoms with van der Waals surface area (Å²) < 4.78 is 18.7. The second-order valence-corrected chi connectivity index (χ2v) is 11.9.